The molecule has 2 aromatic carbocycles. The number of amides is 1. The molecular formula is C22H24N4O3. The number of rotatable bonds is 4. The first-order valence-corrected chi connectivity index (χ1v) is 9.95. The number of para-hydroxylation sites is 2. The largest absolute Gasteiger partial charge is 0.423 e. The molecule has 3 heterocycles. The van der Waals surface area contributed by atoms with E-state index in [9.17, 15) is 4.79 Å². The van der Waals surface area contributed by atoms with Crippen molar-refractivity contribution in [3.63, 3.8) is 0 Å². The molecule has 150 valence electrons. The van der Waals surface area contributed by atoms with E-state index in [0.717, 1.165) is 31.7 Å². The van der Waals surface area contributed by atoms with Crippen LogP contribution >= 0.6 is 0 Å². The van der Waals surface area contributed by atoms with E-state index in [4.69, 9.17) is 19.9 Å². The summed E-state index contributed by atoms with van der Waals surface area (Å²) in [5.74, 6) is -0.507. The number of carbonyl (C=O) groups is 1. The molecule has 0 spiro atoms. The van der Waals surface area contributed by atoms with Crippen LogP contribution in [-0.2, 0) is 4.74 Å². The van der Waals surface area contributed by atoms with Gasteiger partial charge in [-0.2, -0.15) is 4.98 Å². The first kappa shape index (κ1) is 18.1. The van der Waals surface area contributed by atoms with Crippen LogP contribution in [0.1, 0.15) is 23.2 Å². The van der Waals surface area contributed by atoms with Crippen molar-refractivity contribution in [1.29, 1.82) is 0 Å². The highest BCUT2D eigenvalue weighted by atomic mass is 16.5. The molecule has 29 heavy (non-hydrogen) atoms. The minimum absolute atomic E-state index is 0.220. The molecule has 2 unspecified atom stereocenters. The fourth-order valence-electron chi connectivity index (χ4n) is 4.58. The summed E-state index contributed by atoms with van der Waals surface area (Å²) < 4.78 is 11.9. The monoisotopic (exact) mass is 392 g/mol. The zero-order valence-corrected chi connectivity index (χ0v) is 16.3. The maximum atomic E-state index is 11.8. The molecule has 7 heteroatoms. The molecule has 2 fully saturated rings. The lowest BCUT2D eigenvalue weighted by atomic mass is 9.89. The number of nitrogens with two attached hydrogens (primary N) is 1. The van der Waals surface area contributed by atoms with Gasteiger partial charge in [-0.15, -0.1) is 0 Å². The number of carbonyl (C=O) groups excluding carboxylic acids is 1. The van der Waals surface area contributed by atoms with Gasteiger partial charge in [0.25, 0.3) is 5.91 Å². The lowest BCUT2D eigenvalue weighted by Gasteiger charge is -2.48. The maximum absolute atomic E-state index is 11.8. The quantitative estimate of drug-likeness (QED) is 0.735. The Labute approximate surface area is 169 Å². The molecule has 0 saturated carbocycles. The van der Waals surface area contributed by atoms with E-state index in [0.29, 0.717) is 34.8 Å². The van der Waals surface area contributed by atoms with Gasteiger partial charge in [0, 0.05) is 23.8 Å². The molecule has 2 bridgehead atoms. The second-order valence-corrected chi connectivity index (χ2v) is 7.85. The summed E-state index contributed by atoms with van der Waals surface area (Å²) in [7, 11) is 2.18. The van der Waals surface area contributed by atoms with Crippen LogP contribution < -0.4 is 10.6 Å². The third-order valence-corrected chi connectivity index (χ3v) is 6.14. The van der Waals surface area contributed by atoms with Crippen LogP contribution in [-0.4, -0.2) is 54.2 Å². The smallest absolute Gasteiger partial charge is 0.303 e. The van der Waals surface area contributed by atoms with Crippen molar-refractivity contribution in [3.05, 3.63) is 54.1 Å². The highest BCUT2D eigenvalue weighted by molar-refractivity contribution is 6.03. The number of piperidine rings is 1. The predicted molar refractivity (Wildman–Crippen MR) is 110 cm³/mol. The van der Waals surface area contributed by atoms with Crippen LogP contribution in [0, 0.1) is 0 Å². The summed E-state index contributed by atoms with van der Waals surface area (Å²) in [6.45, 7) is 1.48. The van der Waals surface area contributed by atoms with Crippen molar-refractivity contribution in [2.24, 2.45) is 5.73 Å². The minimum Gasteiger partial charge on any atom is -0.423 e. The summed E-state index contributed by atoms with van der Waals surface area (Å²) in [6, 6.07) is 16.9. The molecule has 0 aliphatic carbocycles. The van der Waals surface area contributed by atoms with Crippen molar-refractivity contribution in [3.8, 4) is 0 Å². The van der Waals surface area contributed by atoms with Crippen molar-refractivity contribution in [1.82, 2.24) is 9.88 Å². The number of primary amides is 1. The Kier molecular flexibility index (Phi) is 4.49. The van der Waals surface area contributed by atoms with Crippen LogP contribution in [0.5, 0.6) is 0 Å². The average molecular weight is 392 g/mol. The SMILES string of the molecule is CN1C2COCC1CC(N(c1ccccc1)c1nc3c(C(N)=O)cccc3o1)C2. The fraction of sp³-hybridized carbons (Fsp3) is 0.364. The van der Waals surface area contributed by atoms with Gasteiger partial charge in [0.05, 0.1) is 18.8 Å². The van der Waals surface area contributed by atoms with Crippen LogP contribution in [0.4, 0.5) is 11.7 Å². The van der Waals surface area contributed by atoms with Crippen molar-refractivity contribution >= 4 is 28.7 Å². The summed E-state index contributed by atoms with van der Waals surface area (Å²) in [5.41, 5.74) is 8.01. The number of fused-ring (bicyclic) bond motifs is 3. The summed E-state index contributed by atoms with van der Waals surface area (Å²) >= 11 is 0. The lowest BCUT2D eigenvalue weighted by molar-refractivity contribution is -0.0645. The summed E-state index contributed by atoms with van der Waals surface area (Å²) in [5, 5.41) is 0. The van der Waals surface area contributed by atoms with E-state index in [1.165, 1.54) is 0 Å². The number of aromatic nitrogens is 1. The Morgan fingerprint density at radius 1 is 1.10 bits per heavy atom. The van der Waals surface area contributed by atoms with E-state index in [1.54, 1.807) is 12.1 Å². The fourth-order valence-corrected chi connectivity index (χ4v) is 4.58. The van der Waals surface area contributed by atoms with Gasteiger partial charge in [0.2, 0.25) is 0 Å². The third-order valence-electron chi connectivity index (χ3n) is 6.14. The van der Waals surface area contributed by atoms with Gasteiger partial charge in [0.15, 0.2) is 5.58 Å². The zero-order chi connectivity index (χ0) is 20.0. The number of anilines is 2. The van der Waals surface area contributed by atoms with Crippen molar-refractivity contribution in [2.75, 3.05) is 25.2 Å². The maximum Gasteiger partial charge on any atom is 0.303 e. The number of benzene rings is 2. The number of likely N-dealkylation sites (N-methyl/N-ethyl adjacent to an activating group) is 1. The standard InChI is InChI=1S/C22H24N4O3/c1-25-16-10-15(11-17(25)13-28-12-16)26(14-6-3-2-4-7-14)22-24-20-18(21(23)27)8-5-9-19(20)29-22/h2-9,15-17H,10-13H2,1H3,(H2,23,27). The van der Waals surface area contributed by atoms with Gasteiger partial charge < -0.3 is 14.9 Å². The summed E-state index contributed by atoms with van der Waals surface area (Å²) in [6.07, 6.45) is 1.90. The molecule has 7 nitrogen and oxygen atoms in total. The first-order chi connectivity index (χ1) is 14.1. The molecule has 2 atom stereocenters. The molecule has 2 saturated heterocycles. The molecule has 2 aliphatic heterocycles. The lowest BCUT2D eigenvalue weighted by Crippen LogP contribution is -2.58. The number of hydrogen-bond donors (Lipinski definition) is 1. The highest BCUT2D eigenvalue weighted by Crippen LogP contribution is 2.37. The molecule has 5 rings (SSSR count). The van der Waals surface area contributed by atoms with Gasteiger partial charge >= 0.3 is 6.01 Å². The van der Waals surface area contributed by atoms with Crippen LogP contribution in [0.25, 0.3) is 11.1 Å². The van der Waals surface area contributed by atoms with Crippen LogP contribution in [0.2, 0.25) is 0 Å². The molecule has 2 N–H and O–H groups in total. The molecule has 1 aromatic heterocycles. The van der Waals surface area contributed by atoms with E-state index >= 15 is 0 Å². The average Bonchev–Trinajstić information content (AvgIpc) is 3.13. The molecule has 2 aliphatic rings. The van der Waals surface area contributed by atoms with E-state index in [1.807, 2.05) is 24.3 Å². The van der Waals surface area contributed by atoms with Gasteiger partial charge in [-0.05, 0) is 44.2 Å². The van der Waals surface area contributed by atoms with Gasteiger partial charge in [-0.25, -0.2) is 0 Å². The Bertz CT molecular complexity index is 1020. The van der Waals surface area contributed by atoms with Crippen LogP contribution in [0.15, 0.2) is 52.9 Å². The van der Waals surface area contributed by atoms with Crippen LogP contribution in [0.3, 0.4) is 0 Å². The van der Waals surface area contributed by atoms with E-state index < -0.39 is 5.91 Å². The second kappa shape index (κ2) is 7.17. The van der Waals surface area contributed by atoms with E-state index in [2.05, 4.69) is 29.0 Å². The highest BCUT2D eigenvalue weighted by Gasteiger charge is 2.40. The Balaban J connectivity index is 1.60. The van der Waals surface area contributed by atoms with Crippen molar-refractivity contribution < 1.29 is 13.9 Å². The number of morpholine rings is 1. The topological polar surface area (TPSA) is 84.8 Å². The summed E-state index contributed by atoms with van der Waals surface area (Å²) in [4.78, 5) is 21.2. The van der Waals surface area contributed by atoms with Gasteiger partial charge in [-0.1, -0.05) is 24.3 Å². The number of ether oxygens (including phenoxy) is 1. The predicted octanol–water partition coefficient (Wildman–Crippen LogP) is 2.93. The van der Waals surface area contributed by atoms with Gasteiger partial charge in [0.1, 0.15) is 5.52 Å². The normalized spacial score (nSPS) is 24.5. The molecule has 3 aromatic rings. The zero-order valence-electron chi connectivity index (χ0n) is 16.3. The first-order valence-electron chi connectivity index (χ1n) is 9.95. The Morgan fingerprint density at radius 2 is 1.83 bits per heavy atom. The Morgan fingerprint density at radius 3 is 2.52 bits per heavy atom. The third kappa shape index (κ3) is 3.16. The second-order valence-electron chi connectivity index (χ2n) is 7.85. The number of hydrogen-bond acceptors (Lipinski definition) is 6. The van der Waals surface area contributed by atoms with Gasteiger partial charge in [-0.3, -0.25) is 14.6 Å². The molecule has 0 radical (unpaired) electrons. The van der Waals surface area contributed by atoms with Crippen molar-refractivity contribution in [2.45, 2.75) is 31.0 Å². The Hall–Kier alpha value is -2.90. The molecular weight excluding hydrogens is 368 g/mol. The van der Waals surface area contributed by atoms with E-state index in [-0.39, 0.29) is 6.04 Å². The molecule has 1 amide bonds. The number of oxazole rings is 1. The minimum atomic E-state index is -0.507. The number of nitrogens with zero attached hydrogens (tertiary/aromatic N) is 3.